The second-order valence-corrected chi connectivity index (χ2v) is 4.12. The lowest BCUT2D eigenvalue weighted by atomic mass is 10.2. The van der Waals surface area contributed by atoms with Gasteiger partial charge in [-0.25, -0.2) is 0 Å². The molecule has 1 atom stereocenters. The number of ether oxygens (including phenoxy) is 2. The third kappa shape index (κ3) is 2.85. The Kier molecular flexibility index (Phi) is 4.01. The number of methoxy groups -OCH3 is 2. The van der Waals surface area contributed by atoms with E-state index in [1.54, 1.807) is 25.3 Å². The number of hydrogen-bond donors (Lipinski definition) is 1. The molecule has 0 aliphatic carbocycles. The zero-order valence-corrected chi connectivity index (χ0v) is 11.1. The SMILES string of the molecule is COc1cccc(-c2nc(CC(C)OC)no2)c1O. The quantitative estimate of drug-likeness (QED) is 0.890. The lowest BCUT2D eigenvalue weighted by Crippen LogP contribution is -2.09. The fraction of sp³-hybridized carbons (Fsp3) is 0.385. The van der Waals surface area contributed by atoms with Gasteiger partial charge in [-0.05, 0) is 19.1 Å². The first-order valence-electron chi connectivity index (χ1n) is 5.87. The summed E-state index contributed by atoms with van der Waals surface area (Å²) in [4.78, 5) is 4.23. The van der Waals surface area contributed by atoms with E-state index in [0.29, 0.717) is 23.6 Å². The van der Waals surface area contributed by atoms with Crippen molar-refractivity contribution in [2.24, 2.45) is 0 Å². The van der Waals surface area contributed by atoms with Crippen molar-refractivity contribution in [2.45, 2.75) is 19.4 Å². The summed E-state index contributed by atoms with van der Waals surface area (Å²) < 4.78 is 15.3. The van der Waals surface area contributed by atoms with Gasteiger partial charge in [0.05, 0.1) is 18.8 Å². The number of benzene rings is 1. The predicted molar refractivity (Wildman–Crippen MR) is 68.1 cm³/mol. The highest BCUT2D eigenvalue weighted by molar-refractivity contribution is 5.66. The molecule has 1 heterocycles. The second kappa shape index (κ2) is 5.71. The molecule has 2 rings (SSSR count). The van der Waals surface area contributed by atoms with Crippen molar-refractivity contribution in [3.63, 3.8) is 0 Å². The third-order valence-corrected chi connectivity index (χ3v) is 2.79. The van der Waals surface area contributed by atoms with E-state index in [1.165, 1.54) is 7.11 Å². The highest BCUT2D eigenvalue weighted by Crippen LogP contribution is 2.35. The van der Waals surface area contributed by atoms with E-state index in [-0.39, 0.29) is 17.7 Å². The molecule has 6 nitrogen and oxygen atoms in total. The summed E-state index contributed by atoms with van der Waals surface area (Å²) >= 11 is 0. The Hall–Kier alpha value is -2.08. The van der Waals surface area contributed by atoms with Crippen LogP contribution in [0.25, 0.3) is 11.5 Å². The molecule has 0 amide bonds. The molecule has 19 heavy (non-hydrogen) atoms. The first-order valence-corrected chi connectivity index (χ1v) is 5.87. The summed E-state index contributed by atoms with van der Waals surface area (Å²) in [6, 6.07) is 5.09. The molecular weight excluding hydrogens is 248 g/mol. The number of para-hydroxylation sites is 1. The van der Waals surface area contributed by atoms with Crippen molar-refractivity contribution in [1.82, 2.24) is 10.1 Å². The second-order valence-electron chi connectivity index (χ2n) is 4.12. The molecular formula is C13H16N2O4. The molecule has 0 aliphatic rings. The van der Waals surface area contributed by atoms with E-state index in [2.05, 4.69) is 10.1 Å². The number of aromatic hydroxyl groups is 1. The number of nitrogens with zero attached hydrogens (tertiary/aromatic N) is 2. The van der Waals surface area contributed by atoms with Crippen molar-refractivity contribution in [3.05, 3.63) is 24.0 Å². The zero-order chi connectivity index (χ0) is 13.8. The van der Waals surface area contributed by atoms with Crippen LogP contribution in [0.3, 0.4) is 0 Å². The van der Waals surface area contributed by atoms with Crippen LogP contribution in [0.2, 0.25) is 0 Å². The summed E-state index contributed by atoms with van der Waals surface area (Å²) in [5.41, 5.74) is 0.447. The van der Waals surface area contributed by atoms with Crippen LogP contribution in [0.15, 0.2) is 22.7 Å². The molecule has 1 aromatic carbocycles. The van der Waals surface area contributed by atoms with E-state index in [4.69, 9.17) is 14.0 Å². The Morgan fingerprint density at radius 3 is 2.84 bits per heavy atom. The summed E-state index contributed by atoms with van der Waals surface area (Å²) in [5, 5.41) is 13.9. The van der Waals surface area contributed by atoms with Crippen LogP contribution in [0.5, 0.6) is 11.5 Å². The molecule has 0 spiro atoms. The molecule has 1 aromatic heterocycles. The number of hydrogen-bond acceptors (Lipinski definition) is 6. The fourth-order valence-electron chi connectivity index (χ4n) is 1.65. The van der Waals surface area contributed by atoms with E-state index >= 15 is 0 Å². The monoisotopic (exact) mass is 264 g/mol. The zero-order valence-electron chi connectivity index (χ0n) is 11.1. The first-order chi connectivity index (χ1) is 9.15. The minimum atomic E-state index is -0.0139. The number of rotatable bonds is 5. The average molecular weight is 264 g/mol. The number of aromatic nitrogens is 2. The molecule has 0 saturated heterocycles. The lowest BCUT2D eigenvalue weighted by molar-refractivity contribution is 0.116. The van der Waals surface area contributed by atoms with Gasteiger partial charge >= 0.3 is 0 Å². The largest absolute Gasteiger partial charge is 0.504 e. The molecule has 1 unspecified atom stereocenters. The van der Waals surface area contributed by atoms with Gasteiger partial charge in [-0.2, -0.15) is 4.98 Å². The first kappa shape index (κ1) is 13.4. The van der Waals surface area contributed by atoms with Crippen LogP contribution in [-0.2, 0) is 11.2 Å². The Morgan fingerprint density at radius 1 is 1.37 bits per heavy atom. The van der Waals surface area contributed by atoms with E-state index in [9.17, 15) is 5.11 Å². The van der Waals surface area contributed by atoms with Crippen LogP contribution in [0.1, 0.15) is 12.7 Å². The van der Waals surface area contributed by atoms with Gasteiger partial charge in [0.15, 0.2) is 17.3 Å². The summed E-state index contributed by atoms with van der Waals surface area (Å²) in [7, 11) is 3.11. The molecule has 0 aliphatic heterocycles. The summed E-state index contributed by atoms with van der Waals surface area (Å²) in [6.45, 7) is 1.92. The lowest BCUT2D eigenvalue weighted by Gasteiger charge is -2.05. The van der Waals surface area contributed by atoms with Gasteiger partial charge < -0.3 is 19.1 Å². The van der Waals surface area contributed by atoms with Gasteiger partial charge in [0, 0.05) is 13.5 Å². The highest BCUT2D eigenvalue weighted by atomic mass is 16.5. The molecule has 0 fully saturated rings. The Morgan fingerprint density at radius 2 is 2.16 bits per heavy atom. The maximum Gasteiger partial charge on any atom is 0.261 e. The van der Waals surface area contributed by atoms with Crippen molar-refractivity contribution in [1.29, 1.82) is 0 Å². The Bertz CT molecular complexity index is 553. The van der Waals surface area contributed by atoms with Crippen LogP contribution in [0, 0.1) is 0 Å². The van der Waals surface area contributed by atoms with Crippen molar-refractivity contribution in [3.8, 4) is 23.0 Å². The van der Waals surface area contributed by atoms with E-state index < -0.39 is 0 Å². The smallest absolute Gasteiger partial charge is 0.261 e. The van der Waals surface area contributed by atoms with E-state index in [0.717, 1.165) is 0 Å². The predicted octanol–water partition coefficient (Wildman–Crippen LogP) is 2.03. The topological polar surface area (TPSA) is 77.6 Å². The standard InChI is InChI=1S/C13H16N2O4/c1-8(17-2)7-11-14-13(19-15-11)9-5-4-6-10(18-3)12(9)16/h4-6,8,16H,7H2,1-3H3. The van der Waals surface area contributed by atoms with Gasteiger partial charge in [-0.3, -0.25) is 0 Å². The van der Waals surface area contributed by atoms with Crippen molar-refractivity contribution < 1.29 is 19.1 Å². The van der Waals surface area contributed by atoms with Crippen molar-refractivity contribution in [2.75, 3.05) is 14.2 Å². The van der Waals surface area contributed by atoms with Crippen LogP contribution in [0.4, 0.5) is 0 Å². The molecule has 6 heteroatoms. The van der Waals surface area contributed by atoms with Gasteiger partial charge in [0.1, 0.15) is 0 Å². The van der Waals surface area contributed by atoms with Gasteiger partial charge in [-0.15, -0.1) is 0 Å². The molecule has 2 aromatic rings. The third-order valence-electron chi connectivity index (χ3n) is 2.79. The summed E-state index contributed by atoms with van der Waals surface area (Å²) in [5.74, 6) is 1.14. The van der Waals surface area contributed by atoms with Crippen molar-refractivity contribution >= 4 is 0 Å². The van der Waals surface area contributed by atoms with Crippen LogP contribution in [-0.4, -0.2) is 35.6 Å². The Balaban J connectivity index is 2.28. The number of phenolic OH excluding ortho intramolecular Hbond substituents is 1. The molecule has 0 bridgehead atoms. The average Bonchev–Trinajstić information content (AvgIpc) is 2.87. The Labute approximate surface area is 111 Å². The molecule has 0 radical (unpaired) electrons. The van der Waals surface area contributed by atoms with Gasteiger partial charge in [0.2, 0.25) is 0 Å². The van der Waals surface area contributed by atoms with Gasteiger partial charge in [-0.1, -0.05) is 11.2 Å². The maximum atomic E-state index is 10.0. The molecule has 102 valence electrons. The minimum Gasteiger partial charge on any atom is -0.504 e. The summed E-state index contributed by atoms with van der Waals surface area (Å²) in [6.07, 6.45) is 0.550. The minimum absolute atomic E-state index is 0.00403. The van der Waals surface area contributed by atoms with E-state index in [1.807, 2.05) is 6.92 Å². The maximum absolute atomic E-state index is 10.0. The van der Waals surface area contributed by atoms with Crippen LogP contribution >= 0.6 is 0 Å². The molecule has 1 N–H and O–H groups in total. The van der Waals surface area contributed by atoms with Crippen LogP contribution < -0.4 is 4.74 Å². The number of phenols is 1. The van der Waals surface area contributed by atoms with Gasteiger partial charge in [0.25, 0.3) is 5.89 Å². The normalized spacial score (nSPS) is 12.4. The highest BCUT2D eigenvalue weighted by Gasteiger charge is 2.16. The molecule has 0 saturated carbocycles. The fourth-order valence-corrected chi connectivity index (χ4v) is 1.65.